The van der Waals surface area contributed by atoms with Gasteiger partial charge in [-0.05, 0) is 19.4 Å². The fourth-order valence-corrected chi connectivity index (χ4v) is 0.730. The largest absolute Gasteiger partial charge is 0.447 e. The Labute approximate surface area is 65.9 Å². The van der Waals surface area contributed by atoms with Gasteiger partial charge in [0.2, 0.25) is 0 Å². The summed E-state index contributed by atoms with van der Waals surface area (Å²) in [6.45, 7) is 4.98. The molecule has 1 amide bonds. The van der Waals surface area contributed by atoms with Crippen molar-refractivity contribution in [1.82, 2.24) is 4.90 Å². The van der Waals surface area contributed by atoms with Crippen LogP contribution >= 0.6 is 0 Å². The topological polar surface area (TPSA) is 29.5 Å². The molecule has 0 unspecified atom stereocenters. The summed E-state index contributed by atoms with van der Waals surface area (Å²) in [5.74, 6) is 0. The molecule has 0 radical (unpaired) electrons. The molecule has 0 aliphatic carbocycles. The summed E-state index contributed by atoms with van der Waals surface area (Å²) in [6.07, 6.45) is 1.35. The molecule has 1 heterocycles. The van der Waals surface area contributed by atoms with Gasteiger partial charge in [0.25, 0.3) is 0 Å². The van der Waals surface area contributed by atoms with Gasteiger partial charge in [0, 0.05) is 0 Å². The van der Waals surface area contributed by atoms with Crippen molar-refractivity contribution in [2.45, 2.75) is 13.8 Å². The Balaban J connectivity index is 2.63. The van der Waals surface area contributed by atoms with Crippen molar-refractivity contribution >= 4 is 6.09 Å². The van der Waals surface area contributed by atoms with Crippen LogP contribution in [0.25, 0.3) is 0 Å². The minimum Gasteiger partial charge on any atom is -0.447 e. The number of carbonyl (C=O) groups is 1. The summed E-state index contributed by atoms with van der Waals surface area (Å²) in [5.41, 5.74) is 3.98. The third kappa shape index (κ3) is 2.13. The number of rotatable bonds is 1. The zero-order valence-electron chi connectivity index (χ0n) is 6.76. The average Bonchev–Trinajstić information content (AvgIpc) is 2.31. The van der Waals surface area contributed by atoms with Crippen molar-refractivity contribution in [3.63, 3.8) is 0 Å². The lowest BCUT2D eigenvalue weighted by Crippen LogP contribution is -2.16. The molecular weight excluding hydrogens is 142 g/mol. The fourth-order valence-electron chi connectivity index (χ4n) is 0.730. The van der Waals surface area contributed by atoms with Crippen LogP contribution in [0.1, 0.15) is 13.8 Å². The van der Waals surface area contributed by atoms with Crippen LogP contribution in [0.15, 0.2) is 17.5 Å². The van der Waals surface area contributed by atoms with Crippen LogP contribution in [0.4, 0.5) is 4.79 Å². The van der Waals surface area contributed by atoms with E-state index >= 15 is 0 Å². The molecule has 60 valence electrons. The molecule has 1 rings (SSSR count). The van der Waals surface area contributed by atoms with Gasteiger partial charge in [-0.2, -0.15) is 0 Å². The van der Waals surface area contributed by atoms with Crippen LogP contribution < -0.4 is 0 Å². The normalized spacial score (nSPS) is 15.8. The summed E-state index contributed by atoms with van der Waals surface area (Å²) in [7, 11) is 0. The molecule has 0 bridgehead atoms. The van der Waals surface area contributed by atoms with Gasteiger partial charge in [-0.15, -0.1) is 5.73 Å². The quantitative estimate of drug-likeness (QED) is 0.534. The second-order valence-corrected chi connectivity index (χ2v) is 2.58. The number of cyclic esters (lactones) is 1. The van der Waals surface area contributed by atoms with Crippen LogP contribution in [-0.4, -0.2) is 24.1 Å². The Morgan fingerprint density at radius 2 is 2.45 bits per heavy atom. The zero-order chi connectivity index (χ0) is 8.27. The molecule has 0 N–H and O–H groups in total. The highest BCUT2D eigenvalue weighted by atomic mass is 16.6. The Morgan fingerprint density at radius 3 is 2.91 bits per heavy atom. The predicted molar refractivity (Wildman–Crippen MR) is 41.0 cm³/mol. The number of allylic oxidation sites excluding steroid dienone is 1. The summed E-state index contributed by atoms with van der Waals surface area (Å²) >= 11 is 0. The highest BCUT2D eigenvalue weighted by Crippen LogP contribution is 2.02. The number of hydrogen-bond donors (Lipinski definition) is 0. The molecule has 0 atom stereocenters. The van der Waals surface area contributed by atoms with Gasteiger partial charge in [0.1, 0.15) is 6.61 Å². The average molecular weight is 153 g/mol. The first kappa shape index (κ1) is 7.89. The van der Waals surface area contributed by atoms with Gasteiger partial charge in [0.05, 0.1) is 12.7 Å². The first-order valence-electron chi connectivity index (χ1n) is 3.53. The van der Waals surface area contributed by atoms with E-state index in [0.29, 0.717) is 13.2 Å². The SMILES string of the molecule is CC(C)=C=CN1CCOC1=O. The Hall–Kier alpha value is -1.21. The lowest BCUT2D eigenvalue weighted by Gasteiger charge is -2.01. The van der Waals surface area contributed by atoms with Gasteiger partial charge in [0.15, 0.2) is 0 Å². The molecule has 11 heavy (non-hydrogen) atoms. The molecule has 0 aromatic carbocycles. The number of amides is 1. The molecular formula is C8H11NO2. The van der Waals surface area contributed by atoms with E-state index in [1.54, 1.807) is 6.20 Å². The lowest BCUT2D eigenvalue weighted by atomic mass is 10.4. The van der Waals surface area contributed by atoms with Crippen molar-refractivity contribution in [3.8, 4) is 0 Å². The molecule has 3 nitrogen and oxygen atoms in total. The summed E-state index contributed by atoms with van der Waals surface area (Å²) < 4.78 is 4.70. The van der Waals surface area contributed by atoms with E-state index in [0.717, 1.165) is 5.57 Å². The van der Waals surface area contributed by atoms with E-state index in [4.69, 9.17) is 4.74 Å². The molecule has 0 spiro atoms. The molecule has 1 saturated heterocycles. The summed E-state index contributed by atoms with van der Waals surface area (Å²) in [6, 6.07) is 0. The molecule has 1 aliphatic heterocycles. The lowest BCUT2D eigenvalue weighted by molar-refractivity contribution is 0.166. The zero-order valence-corrected chi connectivity index (χ0v) is 6.76. The maximum absolute atomic E-state index is 10.8. The molecule has 1 aliphatic rings. The van der Waals surface area contributed by atoms with Crippen molar-refractivity contribution in [2.24, 2.45) is 0 Å². The number of hydrogen-bond acceptors (Lipinski definition) is 2. The number of nitrogens with zero attached hydrogens (tertiary/aromatic N) is 1. The van der Waals surface area contributed by atoms with Crippen LogP contribution in [-0.2, 0) is 4.74 Å². The molecule has 3 heteroatoms. The highest BCUT2D eigenvalue weighted by Gasteiger charge is 2.18. The molecule has 0 aromatic heterocycles. The maximum atomic E-state index is 10.8. The molecule has 0 aromatic rings. The third-order valence-corrected chi connectivity index (χ3v) is 1.30. The van der Waals surface area contributed by atoms with Crippen molar-refractivity contribution in [3.05, 3.63) is 17.5 Å². The van der Waals surface area contributed by atoms with Gasteiger partial charge in [-0.3, -0.25) is 4.90 Å². The van der Waals surface area contributed by atoms with Crippen LogP contribution in [0.3, 0.4) is 0 Å². The van der Waals surface area contributed by atoms with E-state index in [1.807, 2.05) is 13.8 Å². The minimum absolute atomic E-state index is 0.279. The van der Waals surface area contributed by atoms with Crippen molar-refractivity contribution in [1.29, 1.82) is 0 Å². The van der Waals surface area contributed by atoms with Crippen LogP contribution in [0.5, 0.6) is 0 Å². The number of ether oxygens (including phenoxy) is 1. The molecule has 1 fully saturated rings. The van der Waals surface area contributed by atoms with Gasteiger partial charge < -0.3 is 4.74 Å². The maximum Gasteiger partial charge on any atom is 0.414 e. The predicted octanol–water partition coefficient (Wildman–Crippen LogP) is 1.52. The monoisotopic (exact) mass is 153 g/mol. The van der Waals surface area contributed by atoms with E-state index < -0.39 is 0 Å². The Kier molecular flexibility index (Phi) is 2.34. The first-order valence-corrected chi connectivity index (χ1v) is 3.53. The van der Waals surface area contributed by atoms with E-state index in [1.165, 1.54) is 4.90 Å². The summed E-state index contributed by atoms with van der Waals surface area (Å²) in [4.78, 5) is 12.3. The van der Waals surface area contributed by atoms with Crippen molar-refractivity contribution in [2.75, 3.05) is 13.2 Å². The second kappa shape index (κ2) is 3.26. The Morgan fingerprint density at radius 1 is 1.73 bits per heavy atom. The molecule has 0 saturated carbocycles. The van der Waals surface area contributed by atoms with Gasteiger partial charge >= 0.3 is 6.09 Å². The Bertz CT molecular complexity index is 222. The number of carbonyl (C=O) groups excluding carboxylic acids is 1. The smallest absolute Gasteiger partial charge is 0.414 e. The van der Waals surface area contributed by atoms with Gasteiger partial charge in [-0.25, -0.2) is 4.79 Å². The third-order valence-electron chi connectivity index (χ3n) is 1.30. The van der Waals surface area contributed by atoms with Crippen LogP contribution in [0, 0.1) is 0 Å². The van der Waals surface area contributed by atoms with Crippen LogP contribution in [0.2, 0.25) is 0 Å². The summed E-state index contributed by atoms with van der Waals surface area (Å²) in [5, 5.41) is 0. The minimum atomic E-state index is -0.279. The standard InChI is InChI=1S/C8H11NO2/c1-7(2)3-4-9-5-6-11-8(9)10/h4H,5-6H2,1-2H3. The van der Waals surface area contributed by atoms with E-state index in [9.17, 15) is 4.79 Å². The first-order chi connectivity index (χ1) is 5.20. The van der Waals surface area contributed by atoms with E-state index in [2.05, 4.69) is 5.73 Å². The highest BCUT2D eigenvalue weighted by molar-refractivity contribution is 5.70. The fraction of sp³-hybridized carbons (Fsp3) is 0.500. The van der Waals surface area contributed by atoms with Crippen molar-refractivity contribution < 1.29 is 9.53 Å². The van der Waals surface area contributed by atoms with E-state index in [-0.39, 0.29) is 6.09 Å². The second-order valence-electron chi connectivity index (χ2n) is 2.58. The van der Waals surface area contributed by atoms with Gasteiger partial charge in [-0.1, -0.05) is 0 Å².